The number of amides is 2. The minimum absolute atomic E-state index is 0.157. The van der Waals surface area contributed by atoms with Crippen LogP contribution in [-0.2, 0) is 14.8 Å². The van der Waals surface area contributed by atoms with Crippen molar-refractivity contribution in [2.24, 2.45) is 11.8 Å². The van der Waals surface area contributed by atoms with Gasteiger partial charge in [-0.15, -0.1) is 0 Å². The second-order valence-electron chi connectivity index (χ2n) is 11.5. The van der Waals surface area contributed by atoms with Crippen LogP contribution in [0.4, 0.5) is 10.5 Å². The molecular formula is C29H39N3O5S. The van der Waals surface area contributed by atoms with Gasteiger partial charge in [-0.05, 0) is 108 Å². The van der Waals surface area contributed by atoms with E-state index in [9.17, 15) is 18.0 Å². The number of carbonyl (C=O) groups excluding carboxylic acids is 2. The van der Waals surface area contributed by atoms with E-state index < -0.39 is 15.6 Å². The van der Waals surface area contributed by atoms with Gasteiger partial charge in [0.15, 0.2) is 0 Å². The second kappa shape index (κ2) is 11.1. The molecule has 4 rings (SSSR count). The highest BCUT2D eigenvalue weighted by molar-refractivity contribution is 7.89. The molecule has 206 valence electrons. The van der Waals surface area contributed by atoms with E-state index in [1.165, 1.54) is 6.07 Å². The number of rotatable bonds is 7. The summed E-state index contributed by atoms with van der Waals surface area (Å²) in [6.45, 7) is 10.3. The lowest BCUT2D eigenvalue weighted by Crippen LogP contribution is -2.48. The Morgan fingerprint density at radius 1 is 0.947 bits per heavy atom. The van der Waals surface area contributed by atoms with Gasteiger partial charge in [-0.3, -0.25) is 4.79 Å². The van der Waals surface area contributed by atoms with E-state index in [4.69, 9.17) is 4.74 Å². The van der Waals surface area contributed by atoms with Gasteiger partial charge in [0.2, 0.25) is 10.0 Å². The Hall–Kier alpha value is -2.91. The summed E-state index contributed by atoms with van der Waals surface area (Å²) in [7, 11) is -3.76. The van der Waals surface area contributed by atoms with Crippen LogP contribution in [-0.4, -0.2) is 50.1 Å². The van der Waals surface area contributed by atoms with Crippen LogP contribution in [0.1, 0.15) is 67.9 Å². The zero-order valence-corrected chi connectivity index (χ0v) is 23.7. The standard InChI is InChI=1S/C29H39N3O5S/c1-19-8-6-7-9-24(19)27(33)30-25-13-12-23(18-20(25)2)38(35,36)31-26(21-10-11-21)22-14-16-32(17-15-22)28(34)37-29(3,4)5/h6-9,12-13,18,21-22,26,31H,10-11,14-17H2,1-5H3,(H,30,33). The van der Waals surface area contributed by atoms with E-state index in [-0.39, 0.29) is 28.9 Å². The topological polar surface area (TPSA) is 105 Å². The van der Waals surface area contributed by atoms with E-state index in [0.29, 0.717) is 35.8 Å². The van der Waals surface area contributed by atoms with Gasteiger partial charge in [0, 0.05) is 30.4 Å². The molecule has 9 heteroatoms. The number of hydrogen-bond acceptors (Lipinski definition) is 5. The molecule has 1 aliphatic heterocycles. The molecular weight excluding hydrogens is 502 g/mol. The van der Waals surface area contributed by atoms with Gasteiger partial charge in [-0.1, -0.05) is 18.2 Å². The Kier molecular flexibility index (Phi) is 8.18. The Balaban J connectivity index is 1.41. The van der Waals surface area contributed by atoms with Crippen LogP contribution < -0.4 is 10.0 Å². The summed E-state index contributed by atoms with van der Waals surface area (Å²) in [5.74, 6) is 0.243. The van der Waals surface area contributed by atoms with E-state index in [2.05, 4.69) is 10.0 Å². The van der Waals surface area contributed by atoms with Crippen LogP contribution in [0.2, 0.25) is 0 Å². The van der Waals surface area contributed by atoms with Gasteiger partial charge in [-0.25, -0.2) is 17.9 Å². The van der Waals surface area contributed by atoms with Crippen molar-refractivity contribution >= 4 is 27.7 Å². The normalized spacial score (nSPS) is 17.7. The Bertz CT molecular complexity index is 1290. The molecule has 2 aromatic carbocycles. The monoisotopic (exact) mass is 541 g/mol. The number of nitrogens with one attached hydrogen (secondary N) is 2. The van der Waals surface area contributed by atoms with Crippen molar-refractivity contribution in [2.45, 2.75) is 76.8 Å². The molecule has 1 aliphatic carbocycles. The number of ether oxygens (including phenoxy) is 1. The molecule has 0 aromatic heterocycles. The largest absolute Gasteiger partial charge is 0.444 e. The minimum Gasteiger partial charge on any atom is -0.444 e. The first-order valence-corrected chi connectivity index (χ1v) is 14.8. The van der Waals surface area contributed by atoms with Gasteiger partial charge < -0.3 is 15.0 Å². The quantitative estimate of drug-likeness (QED) is 0.498. The molecule has 1 unspecified atom stereocenters. The van der Waals surface area contributed by atoms with Crippen LogP contribution in [0.25, 0.3) is 0 Å². The summed E-state index contributed by atoms with van der Waals surface area (Å²) in [5, 5.41) is 2.90. The molecule has 1 saturated carbocycles. The number of benzene rings is 2. The fourth-order valence-electron chi connectivity index (χ4n) is 5.01. The number of carbonyl (C=O) groups is 2. The predicted octanol–water partition coefficient (Wildman–Crippen LogP) is 5.26. The highest BCUT2D eigenvalue weighted by atomic mass is 32.2. The van der Waals surface area contributed by atoms with Crippen molar-refractivity contribution < 1.29 is 22.7 Å². The number of anilines is 1. The third-order valence-corrected chi connectivity index (χ3v) is 8.72. The summed E-state index contributed by atoms with van der Waals surface area (Å²) in [4.78, 5) is 27.1. The SMILES string of the molecule is Cc1cc(S(=O)(=O)NC(C2CC2)C2CCN(C(=O)OC(C)(C)C)CC2)ccc1NC(=O)c1ccccc1C. The average Bonchev–Trinajstić information content (AvgIpc) is 3.68. The highest BCUT2D eigenvalue weighted by Crippen LogP contribution is 2.40. The lowest BCUT2D eigenvalue weighted by molar-refractivity contribution is 0.0169. The maximum absolute atomic E-state index is 13.4. The maximum Gasteiger partial charge on any atom is 0.410 e. The van der Waals surface area contributed by atoms with Crippen LogP contribution in [0.5, 0.6) is 0 Å². The predicted molar refractivity (Wildman–Crippen MR) is 148 cm³/mol. The molecule has 2 amide bonds. The molecule has 0 bridgehead atoms. The number of sulfonamides is 1. The summed E-state index contributed by atoms with van der Waals surface area (Å²) in [6.07, 6.45) is 3.15. The van der Waals surface area contributed by atoms with Gasteiger partial charge in [0.25, 0.3) is 5.91 Å². The molecule has 8 nitrogen and oxygen atoms in total. The van der Waals surface area contributed by atoms with Crippen molar-refractivity contribution in [1.29, 1.82) is 0 Å². The van der Waals surface area contributed by atoms with Gasteiger partial charge in [0.1, 0.15) is 5.60 Å². The number of aryl methyl sites for hydroxylation is 2. The molecule has 1 heterocycles. The van der Waals surface area contributed by atoms with Crippen molar-refractivity contribution in [3.8, 4) is 0 Å². The molecule has 2 N–H and O–H groups in total. The summed E-state index contributed by atoms with van der Waals surface area (Å²) in [6, 6.07) is 12.0. The number of likely N-dealkylation sites (tertiary alicyclic amines) is 1. The molecule has 0 spiro atoms. The summed E-state index contributed by atoms with van der Waals surface area (Å²) >= 11 is 0. The lowest BCUT2D eigenvalue weighted by Gasteiger charge is -2.37. The minimum atomic E-state index is -3.76. The fourth-order valence-corrected chi connectivity index (χ4v) is 6.47. The van der Waals surface area contributed by atoms with Crippen LogP contribution >= 0.6 is 0 Å². The second-order valence-corrected chi connectivity index (χ2v) is 13.2. The lowest BCUT2D eigenvalue weighted by atomic mass is 9.87. The third-order valence-electron chi connectivity index (χ3n) is 7.27. The molecule has 2 aliphatic rings. The molecule has 0 radical (unpaired) electrons. The molecule has 2 fully saturated rings. The summed E-state index contributed by atoms with van der Waals surface area (Å²) < 4.78 is 35.3. The van der Waals surface area contributed by atoms with E-state index in [1.54, 1.807) is 30.0 Å². The van der Waals surface area contributed by atoms with Gasteiger partial charge >= 0.3 is 6.09 Å². The van der Waals surface area contributed by atoms with E-state index >= 15 is 0 Å². The van der Waals surface area contributed by atoms with E-state index in [1.807, 2.05) is 45.9 Å². The third kappa shape index (κ3) is 6.94. The van der Waals surface area contributed by atoms with Crippen molar-refractivity contribution in [1.82, 2.24) is 9.62 Å². The average molecular weight is 542 g/mol. The van der Waals surface area contributed by atoms with Crippen molar-refractivity contribution in [3.63, 3.8) is 0 Å². The van der Waals surface area contributed by atoms with Crippen LogP contribution in [0.3, 0.4) is 0 Å². The first kappa shape index (κ1) is 28.1. The number of piperidine rings is 1. The van der Waals surface area contributed by atoms with Crippen molar-refractivity contribution in [2.75, 3.05) is 18.4 Å². The zero-order valence-electron chi connectivity index (χ0n) is 22.9. The highest BCUT2D eigenvalue weighted by Gasteiger charge is 2.41. The van der Waals surface area contributed by atoms with Crippen molar-refractivity contribution in [3.05, 3.63) is 59.2 Å². The first-order chi connectivity index (χ1) is 17.8. The smallest absolute Gasteiger partial charge is 0.410 e. The Labute approximate surface area is 226 Å². The van der Waals surface area contributed by atoms with Crippen LogP contribution in [0.15, 0.2) is 47.4 Å². The molecule has 1 saturated heterocycles. The summed E-state index contributed by atoms with van der Waals surface area (Å²) in [5.41, 5.74) is 2.15. The number of nitrogens with zero attached hydrogens (tertiary/aromatic N) is 1. The van der Waals surface area contributed by atoms with Gasteiger partial charge in [-0.2, -0.15) is 0 Å². The van der Waals surface area contributed by atoms with Gasteiger partial charge in [0.05, 0.1) is 4.90 Å². The Morgan fingerprint density at radius 3 is 2.16 bits per heavy atom. The molecule has 38 heavy (non-hydrogen) atoms. The molecule has 2 aromatic rings. The molecule has 1 atom stereocenters. The first-order valence-electron chi connectivity index (χ1n) is 13.3. The maximum atomic E-state index is 13.4. The Morgan fingerprint density at radius 2 is 1.58 bits per heavy atom. The fraction of sp³-hybridized carbons (Fsp3) is 0.517. The number of hydrogen-bond donors (Lipinski definition) is 2. The zero-order chi connectivity index (χ0) is 27.7. The van der Waals surface area contributed by atoms with E-state index in [0.717, 1.165) is 31.2 Å². The van der Waals surface area contributed by atoms with Crippen LogP contribution in [0, 0.1) is 25.7 Å².